The van der Waals surface area contributed by atoms with Crippen molar-refractivity contribution in [1.82, 2.24) is 14.2 Å². The van der Waals surface area contributed by atoms with E-state index in [1.54, 1.807) is 43.6 Å². The zero-order chi connectivity index (χ0) is 27.3. The Hall–Kier alpha value is -3.38. The topological polar surface area (TPSA) is 108 Å². The van der Waals surface area contributed by atoms with Gasteiger partial charge < -0.3 is 4.90 Å². The monoisotopic (exact) mass is 554 g/mol. The van der Waals surface area contributed by atoms with Gasteiger partial charge in [0.15, 0.2) is 9.84 Å². The van der Waals surface area contributed by atoms with Crippen molar-refractivity contribution in [3.63, 3.8) is 0 Å². The van der Waals surface area contributed by atoms with E-state index >= 15 is 0 Å². The molecule has 3 aromatic rings. The van der Waals surface area contributed by atoms with Crippen molar-refractivity contribution >= 4 is 37.5 Å². The van der Waals surface area contributed by atoms with Crippen LogP contribution in [0.25, 0.3) is 6.08 Å². The molecule has 0 bridgehead atoms. The van der Waals surface area contributed by atoms with Crippen LogP contribution in [0.1, 0.15) is 11.1 Å². The predicted octanol–water partition coefficient (Wildman–Crippen LogP) is 2.67. The smallest absolute Gasteiger partial charge is 0.250 e. The zero-order valence-corrected chi connectivity index (χ0v) is 22.9. The molecule has 11 heteroatoms. The number of carbonyl (C=O) groups excluding carboxylic acids is 1. The number of nitrogens with zero attached hydrogens (tertiary/aromatic N) is 4. The minimum Gasteiger partial charge on any atom is -0.312 e. The zero-order valence-electron chi connectivity index (χ0n) is 21.3. The molecule has 1 saturated heterocycles. The highest BCUT2D eigenvalue weighted by Gasteiger charge is 2.28. The van der Waals surface area contributed by atoms with Gasteiger partial charge in [-0.2, -0.15) is 4.31 Å². The second-order valence-corrected chi connectivity index (χ2v) is 13.1. The summed E-state index contributed by atoms with van der Waals surface area (Å²) in [6.45, 7) is 2.80. The van der Waals surface area contributed by atoms with E-state index in [1.807, 2.05) is 18.3 Å². The van der Waals surface area contributed by atoms with Crippen LogP contribution in [0.3, 0.4) is 0 Å². The Morgan fingerprint density at radius 3 is 2.13 bits per heavy atom. The van der Waals surface area contributed by atoms with Gasteiger partial charge in [0.25, 0.3) is 5.91 Å². The van der Waals surface area contributed by atoms with E-state index in [9.17, 15) is 21.6 Å². The highest BCUT2D eigenvalue weighted by molar-refractivity contribution is 7.90. The molecule has 4 rings (SSSR count). The van der Waals surface area contributed by atoms with Gasteiger partial charge in [-0.05, 0) is 59.7 Å². The van der Waals surface area contributed by atoms with Gasteiger partial charge in [-0.1, -0.05) is 18.2 Å². The third-order valence-corrected chi connectivity index (χ3v) is 9.42. The number of piperazine rings is 1. The van der Waals surface area contributed by atoms with E-state index < -0.39 is 19.9 Å². The van der Waals surface area contributed by atoms with Gasteiger partial charge in [0, 0.05) is 70.2 Å². The fourth-order valence-electron chi connectivity index (χ4n) is 4.10. The average molecular weight is 555 g/mol. The molecule has 1 aromatic heterocycles. The maximum absolute atomic E-state index is 13.2. The molecular formula is C27H30N4O5S2. The first-order chi connectivity index (χ1) is 18.0. The van der Waals surface area contributed by atoms with Crippen molar-refractivity contribution in [1.29, 1.82) is 0 Å². The van der Waals surface area contributed by atoms with Crippen molar-refractivity contribution in [2.24, 2.45) is 0 Å². The fraction of sp³-hybridized carbons (Fsp3) is 0.259. The number of aromatic nitrogens is 1. The number of anilines is 1. The number of likely N-dealkylation sites (N-methyl/N-ethyl adjacent to an activating group) is 1. The lowest BCUT2D eigenvalue weighted by Crippen LogP contribution is -2.48. The van der Waals surface area contributed by atoms with Gasteiger partial charge in [0.05, 0.1) is 9.79 Å². The molecule has 0 radical (unpaired) electrons. The third-order valence-electron chi connectivity index (χ3n) is 6.38. The summed E-state index contributed by atoms with van der Waals surface area (Å²) < 4.78 is 51.0. The Morgan fingerprint density at radius 1 is 0.921 bits per heavy atom. The van der Waals surface area contributed by atoms with E-state index in [0.29, 0.717) is 37.4 Å². The summed E-state index contributed by atoms with van der Waals surface area (Å²) >= 11 is 0. The molecule has 1 aliphatic heterocycles. The van der Waals surface area contributed by atoms with Crippen LogP contribution in [-0.4, -0.2) is 76.4 Å². The van der Waals surface area contributed by atoms with Crippen molar-refractivity contribution < 1.29 is 21.6 Å². The molecule has 2 heterocycles. The number of sulfonamides is 1. The molecule has 0 saturated carbocycles. The van der Waals surface area contributed by atoms with E-state index in [-0.39, 0.29) is 15.7 Å². The van der Waals surface area contributed by atoms with Crippen molar-refractivity contribution in [3.8, 4) is 0 Å². The molecule has 0 unspecified atom stereocenters. The Bertz CT molecular complexity index is 1500. The summed E-state index contributed by atoms with van der Waals surface area (Å²) in [5.41, 5.74) is 2.33. The summed E-state index contributed by atoms with van der Waals surface area (Å²) in [4.78, 5) is 20.8. The summed E-state index contributed by atoms with van der Waals surface area (Å²) in [5, 5.41) is 0. The molecule has 0 atom stereocenters. The van der Waals surface area contributed by atoms with Crippen LogP contribution in [0.5, 0.6) is 0 Å². The molecule has 0 spiro atoms. The number of amides is 1. The van der Waals surface area contributed by atoms with Gasteiger partial charge >= 0.3 is 0 Å². The summed E-state index contributed by atoms with van der Waals surface area (Å²) in [6.07, 6.45) is 7.66. The second-order valence-electron chi connectivity index (χ2n) is 9.11. The molecular weight excluding hydrogens is 524 g/mol. The first-order valence-corrected chi connectivity index (χ1v) is 15.3. The Kier molecular flexibility index (Phi) is 8.41. The number of hydrogen-bond donors (Lipinski definition) is 0. The number of benzene rings is 2. The van der Waals surface area contributed by atoms with Gasteiger partial charge in [0.2, 0.25) is 10.0 Å². The largest absolute Gasteiger partial charge is 0.312 e. The molecule has 1 amide bonds. The number of carbonyl (C=O) groups is 1. The SMILES string of the molecule is CN(C(=O)C=Cc1ccc(S(C)(=O)=O)cc1)c1ccc(S(=O)(=O)N2CCN(Cc3cccnc3)CC2)cc1. The van der Waals surface area contributed by atoms with E-state index in [0.717, 1.165) is 18.4 Å². The summed E-state index contributed by atoms with van der Waals surface area (Å²) in [5.74, 6) is -0.308. The number of hydrogen-bond acceptors (Lipinski definition) is 7. The highest BCUT2D eigenvalue weighted by Crippen LogP contribution is 2.22. The molecule has 38 heavy (non-hydrogen) atoms. The Balaban J connectivity index is 1.35. The average Bonchev–Trinajstić information content (AvgIpc) is 2.92. The Labute approximate surface area is 224 Å². The second kappa shape index (κ2) is 11.6. The van der Waals surface area contributed by atoms with Crippen LogP contribution >= 0.6 is 0 Å². The van der Waals surface area contributed by atoms with Crippen LogP contribution in [-0.2, 0) is 31.2 Å². The maximum atomic E-state index is 13.2. The van der Waals surface area contributed by atoms with Gasteiger partial charge in [-0.3, -0.25) is 14.7 Å². The molecule has 9 nitrogen and oxygen atoms in total. The van der Waals surface area contributed by atoms with Gasteiger partial charge in [0.1, 0.15) is 0 Å². The molecule has 1 aliphatic rings. The normalized spacial score (nSPS) is 15.5. The maximum Gasteiger partial charge on any atom is 0.250 e. The van der Waals surface area contributed by atoms with Crippen molar-refractivity contribution in [3.05, 3.63) is 90.3 Å². The van der Waals surface area contributed by atoms with Crippen LogP contribution < -0.4 is 4.90 Å². The number of sulfone groups is 1. The lowest BCUT2D eigenvalue weighted by molar-refractivity contribution is -0.113. The molecule has 200 valence electrons. The van der Waals surface area contributed by atoms with E-state index in [2.05, 4.69) is 9.88 Å². The third kappa shape index (κ3) is 6.73. The predicted molar refractivity (Wildman–Crippen MR) is 147 cm³/mol. The van der Waals surface area contributed by atoms with Gasteiger partial charge in [-0.15, -0.1) is 0 Å². The minimum atomic E-state index is -3.65. The van der Waals surface area contributed by atoms with Crippen molar-refractivity contribution in [2.45, 2.75) is 16.3 Å². The molecule has 0 N–H and O–H groups in total. The van der Waals surface area contributed by atoms with Crippen LogP contribution in [0, 0.1) is 0 Å². The molecule has 1 fully saturated rings. The fourth-order valence-corrected chi connectivity index (χ4v) is 6.15. The molecule has 2 aromatic carbocycles. The Morgan fingerprint density at radius 2 is 1.55 bits per heavy atom. The minimum absolute atomic E-state index is 0.185. The lowest BCUT2D eigenvalue weighted by atomic mass is 10.2. The first kappa shape index (κ1) is 27.6. The standard InChI is InChI=1S/C27H30N4O5S2/c1-29(27(32)14-7-22-5-10-25(11-6-22)37(2,33)34)24-8-12-26(13-9-24)38(35,36)31-18-16-30(17-19-31)21-23-4-3-15-28-20-23/h3-15,20H,16-19,21H2,1-2H3. The van der Waals surface area contributed by atoms with Crippen LogP contribution in [0.2, 0.25) is 0 Å². The molecule has 0 aliphatic carbocycles. The lowest BCUT2D eigenvalue weighted by Gasteiger charge is -2.34. The van der Waals surface area contributed by atoms with Crippen LogP contribution in [0.4, 0.5) is 5.69 Å². The number of pyridine rings is 1. The summed E-state index contributed by atoms with van der Waals surface area (Å²) in [7, 11) is -5.33. The van der Waals surface area contributed by atoms with E-state index in [1.165, 1.54) is 39.5 Å². The first-order valence-electron chi connectivity index (χ1n) is 12.0. The van der Waals surface area contributed by atoms with Gasteiger partial charge in [-0.25, -0.2) is 16.8 Å². The quantitative estimate of drug-likeness (QED) is 0.394. The highest BCUT2D eigenvalue weighted by atomic mass is 32.2. The number of rotatable bonds is 8. The van der Waals surface area contributed by atoms with Crippen molar-refractivity contribution in [2.75, 3.05) is 44.4 Å². The van der Waals surface area contributed by atoms with E-state index in [4.69, 9.17) is 0 Å². The summed E-state index contributed by atoms with van der Waals surface area (Å²) in [6, 6.07) is 16.4. The van der Waals surface area contributed by atoms with Crippen LogP contribution in [0.15, 0.2) is 88.9 Å².